The number of methoxy groups -OCH3 is 1. The highest BCUT2D eigenvalue weighted by atomic mass is 16.5. The van der Waals surface area contributed by atoms with E-state index in [9.17, 15) is 0 Å². The van der Waals surface area contributed by atoms with Crippen molar-refractivity contribution in [3.8, 4) is 17.0 Å². The standard InChI is InChI=1S/C20H18N4O/c1-24-17-9-11-22-20(23-14-6-5-10-21-13-14)16(17)12-18(24)15-7-3-4-8-19(15)25-2/h3-13H,1-2H3,(H,22,23). The van der Waals surface area contributed by atoms with Gasteiger partial charge in [0.15, 0.2) is 0 Å². The van der Waals surface area contributed by atoms with Crippen LogP contribution in [0, 0.1) is 0 Å². The molecule has 3 aromatic heterocycles. The Kier molecular flexibility index (Phi) is 3.82. The van der Waals surface area contributed by atoms with Crippen LogP contribution >= 0.6 is 0 Å². The van der Waals surface area contributed by atoms with Gasteiger partial charge in [-0.2, -0.15) is 0 Å². The number of fused-ring (bicyclic) bond motifs is 1. The molecule has 0 unspecified atom stereocenters. The number of nitrogens with zero attached hydrogens (tertiary/aromatic N) is 3. The second kappa shape index (κ2) is 6.28. The zero-order chi connectivity index (χ0) is 17.2. The molecule has 4 aromatic rings. The molecule has 0 amide bonds. The van der Waals surface area contributed by atoms with Crippen LogP contribution in [-0.4, -0.2) is 21.6 Å². The second-order valence-electron chi connectivity index (χ2n) is 5.75. The molecular formula is C20H18N4O. The Labute approximate surface area is 145 Å². The molecule has 25 heavy (non-hydrogen) atoms. The van der Waals surface area contributed by atoms with Crippen molar-refractivity contribution in [1.29, 1.82) is 0 Å². The largest absolute Gasteiger partial charge is 0.496 e. The van der Waals surface area contributed by atoms with Crippen LogP contribution in [0.25, 0.3) is 22.2 Å². The highest BCUT2D eigenvalue weighted by Gasteiger charge is 2.14. The maximum Gasteiger partial charge on any atom is 0.139 e. The normalized spacial score (nSPS) is 10.8. The molecule has 0 radical (unpaired) electrons. The molecule has 124 valence electrons. The molecule has 0 atom stereocenters. The molecule has 4 rings (SSSR count). The lowest BCUT2D eigenvalue weighted by molar-refractivity contribution is 0.416. The maximum absolute atomic E-state index is 5.52. The summed E-state index contributed by atoms with van der Waals surface area (Å²) >= 11 is 0. The highest BCUT2D eigenvalue weighted by molar-refractivity contribution is 5.96. The number of aryl methyl sites for hydroxylation is 1. The molecule has 5 heteroatoms. The van der Waals surface area contributed by atoms with E-state index in [1.165, 1.54) is 0 Å². The summed E-state index contributed by atoms with van der Waals surface area (Å²) in [6, 6.07) is 16.0. The third kappa shape index (κ3) is 2.70. The summed E-state index contributed by atoms with van der Waals surface area (Å²) in [6.07, 6.45) is 5.35. The van der Waals surface area contributed by atoms with Crippen molar-refractivity contribution in [2.75, 3.05) is 12.4 Å². The highest BCUT2D eigenvalue weighted by Crippen LogP contribution is 2.35. The molecule has 0 spiro atoms. The molecule has 5 nitrogen and oxygen atoms in total. The summed E-state index contributed by atoms with van der Waals surface area (Å²) < 4.78 is 7.68. The van der Waals surface area contributed by atoms with Crippen LogP contribution in [0.15, 0.2) is 67.1 Å². The maximum atomic E-state index is 5.52. The van der Waals surface area contributed by atoms with Crippen LogP contribution in [0.5, 0.6) is 5.75 Å². The molecule has 0 aliphatic carbocycles. The van der Waals surface area contributed by atoms with E-state index in [0.29, 0.717) is 0 Å². The summed E-state index contributed by atoms with van der Waals surface area (Å²) in [5.41, 5.74) is 4.14. The van der Waals surface area contributed by atoms with E-state index in [4.69, 9.17) is 4.74 Å². The SMILES string of the molecule is COc1ccccc1-c1cc2c(Nc3cccnc3)nccc2n1C. The number of hydrogen-bond acceptors (Lipinski definition) is 4. The molecule has 0 fully saturated rings. The van der Waals surface area contributed by atoms with Gasteiger partial charge in [0.25, 0.3) is 0 Å². The molecule has 1 aromatic carbocycles. The summed E-state index contributed by atoms with van der Waals surface area (Å²) in [5, 5.41) is 4.40. The van der Waals surface area contributed by atoms with Gasteiger partial charge in [-0.1, -0.05) is 12.1 Å². The summed E-state index contributed by atoms with van der Waals surface area (Å²) in [6.45, 7) is 0. The van der Waals surface area contributed by atoms with Gasteiger partial charge in [-0.15, -0.1) is 0 Å². The third-order valence-corrected chi connectivity index (χ3v) is 4.28. The summed E-state index contributed by atoms with van der Waals surface area (Å²) in [7, 11) is 3.75. The van der Waals surface area contributed by atoms with Crippen molar-refractivity contribution >= 4 is 22.4 Å². The van der Waals surface area contributed by atoms with Gasteiger partial charge in [0.1, 0.15) is 11.6 Å². The molecular weight excluding hydrogens is 312 g/mol. The number of benzene rings is 1. The van der Waals surface area contributed by atoms with Crippen LogP contribution in [0.3, 0.4) is 0 Å². The molecule has 0 aliphatic heterocycles. The number of rotatable bonds is 4. The minimum Gasteiger partial charge on any atom is -0.496 e. The van der Waals surface area contributed by atoms with E-state index in [2.05, 4.69) is 39.0 Å². The van der Waals surface area contributed by atoms with Gasteiger partial charge in [0.05, 0.1) is 30.2 Å². The monoisotopic (exact) mass is 330 g/mol. The van der Waals surface area contributed by atoms with Crippen LogP contribution < -0.4 is 10.1 Å². The van der Waals surface area contributed by atoms with Crippen LogP contribution in [0.2, 0.25) is 0 Å². The van der Waals surface area contributed by atoms with Gasteiger partial charge >= 0.3 is 0 Å². The molecule has 0 saturated carbocycles. The van der Waals surface area contributed by atoms with Crippen molar-refractivity contribution in [2.45, 2.75) is 0 Å². The van der Waals surface area contributed by atoms with E-state index < -0.39 is 0 Å². The summed E-state index contributed by atoms with van der Waals surface area (Å²) in [5.74, 6) is 1.66. The molecule has 3 heterocycles. The Hall–Kier alpha value is -3.34. The van der Waals surface area contributed by atoms with Crippen molar-refractivity contribution < 1.29 is 4.74 Å². The van der Waals surface area contributed by atoms with Crippen molar-refractivity contribution in [2.24, 2.45) is 7.05 Å². The van der Waals surface area contributed by atoms with Gasteiger partial charge in [-0.3, -0.25) is 4.98 Å². The van der Waals surface area contributed by atoms with Crippen molar-refractivity contribution in [3.63, 3.8) is 0 Å². The minimum atomic E-state index is 0.808. The first-order chi connectivity index (χ1) is 12.3. The average Bonchev–Trinajstić information content (AvgIpc) is 3.00. The molecule has 0 bridgehead atoms. The predicted molar refractivity (Wildman–Crippen MR) is 100 cm³/mol. The van der Waals surface area contributed by atoms with E-state index in [0.717, 1.165) is 39.4 Å². The number of nitrogens with one attached hydrogen (secondary N) is 1. The van der Waals surface area contributed by atoms with Crippen LogP contribution in [-0.2, 0) is 7.05 Å². The first-order valence-electron chi connectivity index (χ1n) is 8.03. The number of para-hydroxylation sites is 1. The molecule has 1 N–H and O–H groups in total. The fourth-order valence-corrected chi connectivity index (χ4v) is 3.05. The van der Waals surface area contributed by atoms with Gasteiger partial charge in [0, 0.05) is 30.4 Å². The van der Waals surface area contributed by atoms with Gasteiger partial charge in [-0.05, 0) is 36.4 Å². The van der Waals surface area contributed by atoms with E-state index in [-0.39, 0.29) is 0 Å². The number of anilines is 2. The Morgan fingerprint density at radius 1 is 1.04 bits per heavy atom. The lowest BCUT2D eigenvalue weighted by Crippen LogP contribution is -1.95. The smallest absolute Gasteiger partial charge is 0.139 e. The van der Waals surface area contributed by atoms with E-state index in [1.807, 2.05) is 42.6 Å². The first kappa shape index (κ1) is 15.2. The fourth-order valence-electron chi connectivity index (χ4n) is 3.05. The third-order valence-electron chi connectivity index (χ3n) is 4.28. The summed E-state index contributed by atoms with van der Waals surface area (Å²) in [4.78, 5) is 8.65. The second-order valence-corrected chi connectivity index (χ2v) is 5.75. The Morgan fingerprint density at radius 3 is 2.72 bits per heavy atom. The van der Waals surface area contributed by atoms with E-state index in [1.54, 1.807) is 19.5 Å². The molecule has 0 saturated heterocycles. The number of hydrogen-bond donors (Lipinski definition) is 1. The molecule has 0 aliphatic rings. The average molecular weight is 330 g/mol. The Bertz CT molecular complexity index is 1020. The van der Waals surface area contributed by atoms with Crippen molar-refractivity contribution in [3.05, 3.63) is 67.1 Å². The minimum absolute atomic E-state index is 0.808. The van der Waals surface area contributed by atoms with Crippen LogP contribution in [0.4, 0.5) is 11.5 Å². The van der Waals surface area contributed by atoms with Gasteiger partial charge in [-0.25, -0.2) is 4.98 Å². The van der Waals surface area contributed by atoms with Gasteiger partial charge in [0.2, 0.25) is 0 Å². The number of ether oxygens (including phenoxy) is 1. The lowest BCUT2D eigenvalue weighted by Gasteiger charge is -2.09. The van der Waals surface area contributed by atoms with Crippen molar-refractivity contribution in [1.82, 2.24) is 14.5 Å². The zero-order valence-corrected chi connectivity index (χ0v) is 14.1. The quantitative estimate of drug-likeness (QED) is 0.603. The predicted octanol–water partition coefficient (Wildman–Crippen LogP) is 4.39. The van der Waals surface area contributed by atoms with E-state index >= 15 is 0 Å². The van der Waals surface area contributed by atoms with Gasteiger partial charge < -0.3 is 14.6 Å². The van der Waals surface area contributed by atoms with Crippen LogP contribution in [0.1, 0.15) is 0 Å². The first-order valence-corrected chi connectivity index (χ1v) is 8.03. The Balaban J connectivity index is 1.86. The number of aromatic nitrogens is 3. The topological polar surface area (TPSA) is 52.0 Å². The zero-order valence-electron chi connectivity index (χ0n) is 14.1. The fraction of sp³-hybridized carbons (Fsp3) is 0.100. The lowest BCUT2D eigenvalue weighted by atomic mass is 10.1. The Morgan fingerprint density at radius 2 is 1.92 bits per heavy atom. The number of pyridine rings is 2.